The van der Waals surface area contributed by atoms with Crippen molar-refractivity contribution in [3.05, 3.63) is 83.2 Å². The molecule has 35 heavy (non-hydrogen) atoms. The molecule has 2 aromatic carbocycles. The number of fused-ring (bicyclic) bond motifs is 1. The molecule has 2 aromatic heterocycles. The normalized spacial score (nSPS) is 14.5. The molecule has 1 fully saturated rings. The van der Waals surface area contributed by atoms with Crippen molar-refractivity contribution in [3.8, 4) is 0 Å². The highest BCUT2D eigenvalue weighted by Crippen LogP contribution is 2.25. The predicted molar refractivity (Wildman–Crippen MR) is 129 cm³/mol. The van der Waals surface area contributed by atoms with E-state index >= 15 is 0 Å². The fourth-order valence-electron chi connectivity index (χ4n) is 4.33. The van der Waals surface area contributed by atoms with Gasteiger partial charge < -0.3 is 13.7 Å². The quantitative estimate of drug-likeness (QED) is 0.370. The van der Waals surface area contributed by atoms with Crippen LogP contribution < -0.4 is 10.7 Å². The van der Waals surface area contributed by atoms with E-state index in [0.29, 0.717) is 24.4 Å². The standard InChI is InChI=1S/C25H25N3O6S/c29-24(28(18-20-9-6-16-33-20)19-7-2-1-3-8-19)12-15-27-22-11-10-21(17-23(22)34-25(27)30)35(31,32)26-13-4-5-14-26/h1-3,6-11,16-17H,4-5,12-15,18H2. The van der Waals surface area contributed by atoms with E-state index in [4.69, 9.17) is 8.83 Å². The van der Waals surface area contributed by atoms with Crippen LogP contribution in [0.4, 0.5) is 5.69 Å². The first-order valence-corrected chi connectivity index (χ1v) is 12.9. The zero-order valence-electron chi connectivity index (χ0n) is 19.0. The minimum atomic E-state index is -3.63. The first-order chi connectivity index (χ1) is 16.9. The number of furan rings is 1. The number of sulfonamides is 1. The zero-order valence-corrected chi connectivity index (χ0v) is 19.8. The molecule has 0 bridgehead atoms. The van der Waals surface area contributed by atoms with Gasteiger partial charge in [0, 0.05) is 37.8 Å². The Morgan fingerprint density at radius 3 is 2.49 bits per heavy atom. The second kappa shape index (κ2) is 9.55. The molecule has 0 N–H and O–H groups in total. The zero-order chi connectivity index (χ0) is 24.4. The lowest BCUT2D eigenvalue weighted by molar-refractivity contribution is -0.119. The van der Waals surface area contributed by atoms with E-state index in [1.807, 2.05) is 30.3 Å². The van der Waals surface area contributed by atoms with Crippen LogP contribution in [0.5, 0.6) is 0 Å². The maximum absolute atomic E-state index is 13.2. The summed E-state index contributed by atoms with van der Waals surface area (Å²) in [6, 6.07) is 17.2. The highest BCUT2D eigenvalue weighted by molar-refractivity contribution is 7.89. The van der Waals surface area contributed by atoms with Crippen LogP contribution in [0.2, 0.25) is 0 Å². The third-order valence-corrected chi connectivity index (χ3v) is 8.05. The van der Waals surface area contributed by atoms with E-state index in [1.165, 1.54) is 21.0 Å². The number of oxazole rings is 1. The number of aromatic nitrogens is 1. The van der Waals surface area contributed by atoms with Gasteiger partial charge in [0.2, 0.25) is 15.9 Å². The van der Waals surface area contributed by atoms with Gasteiger partial charge in [-0.05, 0) is 49.2 Å². The van der Waals surface area contributed by atoms with Gasteiger partial charge in [-0.15, -0.1) is 0 Å². The lowest BCUT2D eigenvalue weighted by Crippen LogP contribution is -2.31. The molecule has 9 nitrogen and oxygen atoms in total. The van der Waals surface area contributed by atoms with Crippen LogP contribution in [0.15, 0.2) is 85.5 Å². The minimum absolute atomic E-state index is 0.0397. The molecule has 0 atom stereocenters. The molecule has 1 amide bonds. The molecule has 182 valence electrons. The van der Waals surface area contributed by atoms with Crippen molar-refractivity contribution in [3.63, 3.8) is 0 Å². The molecular formula is C25H25N3O6S. The van der Waals surface area contributed by atoms with E-state index in [9.17, 15) is 18.0 Å². The van der Waals surface area contributed by atoms with Crippen molar-refractivity contribution in [1.29, 1.82) is 0 Å². The number of aryl methyl sites for hydroxylation is 1. The van der Waals surface area contributed by atoms with Crippen molar-refractivity contribution in [2.75, 3.05) is 18.0 Å². The van der Waals surface area contributed by atoms with Gasteiger partial charge in [-0.25, -0.2) is 13.2 Å². The third kappa shape index (κ3) is 4.67. The van der Waals surface area contributed by atoms with Crippen LogP contribution in [-0.2, 0) is 27.9 Å². The maximum atomic E-state index is 13.2. The molecule has 0 unspecified atom stereocenters. The molecule has 0 spiro atoms. The Balaban J connectivity index is 1.37. The number of carbonyl (C=O) groups excluding carboxylic acids is 1. The van der Waals surface area contributed by atoms with Crippen molar-refractivity contribution in [2.24, 2.45) is 0 Å². The summed E-state index contributed by atoms with van der Waals surface area (Å²) < 4.78 is 39.3. The van der Waals surface area contributed by atoms with Gasteiger partial charge in [-0.1, -0.05) is 18.2 Å². The highest BCUT2D eigenvalue weighted by Gasteiger charge is 2.28. The first-order valence-electron chi connectivity index (χ1n) is 11.4. The average Bonchev–Trinajstić information content (AvgIpc) is 3.63. The molecule has 1 aliphatic rings. The fraction of sp³-hybridized carbons (Fsp3) is 0.280. The summed E-state index contributed by atoms with van der Waals surface area (Å²) in [6.45, 7) is 1.33. The second-order valence-electron chi connectivity index (χ2n) is 8.41. The van der Waals surface area contributed by atoms with E-state index in [2.05, 4.69) is 0 Å². The summed E-state index contributed by atoms with van der Waals surface area (Å²) >= 11 is 0. The van der Waals surface area contributed by atoms with E-state index in [-0.39, 0.29) is 35.9 Å². The number of para-hydroxylation sites is 1. The fourth-order valence-corrected chi connectivity index (χ4v) is 5.86. The molecule has 1 saturated heterocycles. The number of rotatable bonds is 8. The lowest BCUT2D eigenvalue weighted by Gasteiger charge is -2.22. The Labute approximate surface area is 202 Å². The second-order valence-corrected chi connectivity index (χ2v) is 10.3. The molecule has 3 heterocycles. The maximum Gasteiger partial charge on any atom is 0.419 e. The van der Waals surface area contributed by atoms with Crippen LogP contribution in [-0.4, -0.2) is 36.3 Å². The van der Waals surface area contributed by atoms with Gasteiger partial charge in [0.15, 0.2) is 5.58 Å². The number of amides is 1. The van der Waals surface area contributed by atoms with Crippen LogP contribution in [0.25, 0.3) is 11.1 Å². The Bertz CT molecular complexity index is 1480. The molecule has 0 aliphatic carbocycles. The SMILES string of the molecule is O=C(CCn1c(=O)oc2cc(S(=O)(=O)N3CCCC3)ccc21)N(Cc1ccco1)c1ccccc1. The Morgan fingerprint density at radius 2 is 1.77 bits per heavy atom. The van der Waals surface area contributed by atoms with Gasteiger partial charge in [0.25, 0.3) is 0 Å². The molecular weight excluding hydrogens is 470 g/mol. The predicted octanol–water partition coefficient (Wildman–Crippen LogP) is 3.60. The first kappa shape index (κ1) is 23.1. The Kier molecular flexibility index (Phi) is 6.31. The number of carbonyl (C=O) groups is 1. The van der Waals surface area contributed by atoms with Crippen LogP contribution in [0.1, 0.15) is 25.0 Å². The van der Waals surface area contributed by atoms with E-state index in [1.54, 1.807) is 29.4 Å². The monoisotopic (exact) mass is 495 g/mol. The van der Waals surface area contributed by atoms with E-state index < -0.39 is 15.8 Å². The van der Waals surface area contributed by atoms with Crippen molar-refractivity contribution >= 4 is 32.7 Å². The van der Waals surface area contributed by atoms with Gasteiger partial charge in [0.1, 0.15) is 5.76 Å². The van der Waals surface area contributed by atoms with E-state index in [0.717, 1.165) is 18.5 Å². The van der Waals surface area contributed by atoms with Crippen LogP contribution in [0.3, 0.4) is 0 Å². The van der Waals surface area contributed by atoms with Crippen molar-refractivity contribution < 1.29 is 22.0 Å². The van der Waals surface area contributed by atoms with Gasteiger partial charge >= 0.3 is 5.76 Å². The molecule has 4 aromatic rings. The summed E-state index contributed by atoms with van der Waals surface area (Å²) in [5, 5.41) is 0. The van der Waals surface area contributed by atoms with Crippen LogP contribution >= 0.6 is 0 Å². The third-order valence-electron chi connectivity index (χ3n) is 6.15. The van der Waals surface area contributed by atoms with Gasteiger partial charge in [-0.2, -0.15) is 4.31 Å². The number of benzene rings is 2. The largest absolute Gasteiger partial charge is 0.467 e. The Hall–Kier alpha value is -3.63. The minimum Gasteiger partial charge on any atom is -0.467 e. The van der Waals surface area contributed by atoms with Crippen molar-refractivity contribution in [2.45, 2.75) is 37.2 Å². The number of nitrogens with zero attached hydrogens (tertiary/aromatic N) is 3. The number of hydrogen-bond acceptors (Lipinski definition) is 6. The highest BCUT2D eigenvalue weighted by atomic mass is 32.2. The van der Waals surface area contributed by atoms with Gasteiger partial charge in [0.05, 0.1) is 23.2 Å². The lowest BCUT2D eigenvalue weighted by atomic mass is 10.2. The number of anilines is 1. The Morgan fingerprint density at radius 1 is 1.00 bits per heavy atom. The topological polar surface area (TPSA) is 106 Å². The summed E-state index contributed by atoms with van der Waals surface area (Å²) in [6.07, 6.45) is 3.26. The van der Waals surface area contributed by atoms with Crippen LogP contribution in [0, 0.1) is 0 Å². The summed E-state index contributed by atoms with van der Waals surface area (Å²) in [5.74, 6) is -0.192. The average molecular weight is 496 g/mol. The summed E-state index contributed by atoms with van der Waals surface area (Å²) in [5.41, 5.74) is 1.34. The molecule has 0 radical (unpaired) electrons. The molecule has 0 saturated carbocycles. The molecule has 1 aliphatic heterocycles. The van der Waals surface area contributed by atoms with Gasteiger partial charge in [-0.3, -0.25) is 9.36 Å². The summed E-state index contributed by atoms with van der Waals surface area (Å²) in [4.78, 5) is 27.5. The number of hydrogen-bond donors (Lipinski definition) is 0. The van der Waals surface area contributed by atoms with Crippen molar-refractivity contribution in [1.82, 2.24) is 8.87 Å². The molecule has 10 heteroatoms. The molecule has 5 rings (SSSR count). The smallest absolute Gasteiger partial charge is 0.419 e. The summed E-state index contributed by atoms with van der Waals surface area (Å²) in [7, 11) is -3.63.